The Balaban J connectivity index is 1.67. The zero-order chi connectivity index (χ0) is 22.6. The van der Waals surface area contributed by atoms with Crippen LogP contribution in [-0.2, 0) is 16.0 Å². The highest BCUT2D eigenvalue weighted by Crippen LogP contribution is 2.34. The standard InChI is InChI=1S/C24H41N5O2/c1-17(2)14-19-22(30)29(13-10-25-19)20(15-18(3)4)23(31)28-11-6-24(5,7-12-28)16-21-26-8-9-27-21/h8-9,17-20,25H,6-7,10-16H2,1-5H3,(H,26,27)/t19-,20-/m0/s1. The number of piperidine rings is 1. The van der Waals surface area contributed by atoms with Crippen LogP contribution < -0.4 is 5.32 Å². The highest BCUT2D eigenvalue weighted by molar-refractivity contribution is 5.90. The average molecular weight is 432 g/mol. The number of amides is 2. The lowest BCUT2D eigenvalue weighted by Crippen LogP contribution is -2.62. The van der Waals surface area contributed by atoms with Crippen molar-refractivity contribution in [2.45, 2.75) is 78.8 Å². The summed E-state index contributed by atoms with van der Waals surface area (Å²) in [5, 5.41) is 3.36. The Morgan fingerprint density at radius 3 is 2.48 bits per heavy atom. The maximum absolute atomic E-state index is 13.6. The van der Waals surface area contributed by atoms with E-state index in [1.807, 2.05) is 16.0 Å². The minimum absolute atomic E-state index is 0.0959. The van der Waals surface area contributed by atoms with E-state index in [9.17, 15) is 9.59 Å². The van der Waals surface area contributed by atoms with Gasteiger partial charge in [-0.2, -0.15) is 0 Å². The molecule has 0 aromatic carbocycles. The van der Waals surface area contributed by atoms with E-state index in [4.69, 9.17) is 0 Å². The second kappa shape index (κ2) is 10.2. The minimum Gasteiger partial charge on any atom is -0.349 e. The lowest BCUT2D eigenvalue weighted by atomic mass is 9.77. The number of nitrogens with one attached hydrogen (secondary N) is 2. The number of aromatic amines is 1. The molecule has 0 aliphatic carbocycles. The van der Waals surface area contributed by atoms with Gasteiger partial charge in [0.1, 0.15) is 11.9 Å². The lowest BCUT2D eigenvalue weighted by molar-refractivity contribution is -0.151. The Bertz CT molecular complexity index is 722. The number of piperazine rings is 1. The van der Waals surface area contributed by atoms with Gasteiger partial charge in [-0.1, -0.05) is 34.6 Å². The molecule has 3 heterocycles. The average Bonchev–Trinajstić information content (AvgIpc) is 3.20. The van der Waals surface area contributed by atoms with E-state index in [0.717, 1.165) is 57.6 Å². The van der Waals surface area contributed by atoms with Gasteiger partial charge in [-0.3, -0.25) is 9.59 Å². The van der Waals surface area contributed by atoms with Crippen molar-refractivity contribution in [3.8, 4) is 0 Å². The fourth-order valence-electron chi connectivity index (χ4n) is 4.98. The van der Waals surface area contributed by atoms with Crippen LogP contribution in [0.15, 0.2) is 12.4 Å². The Morgan fingerprint density at radius 1 is 1.19 bits per heavy atom. The summed E-state index contributed by atoms with van der Waals surface area (Å²) in [7, 11) is 0. The van der Waals surface area contributed by atoms with E-state index < -0.39 is 0 Å². The summed E-state index contributed by atoms with van der Waals surface area (Å²) in [6.07, 6.45) is 8.02. The van der Waals surface area contributed by atoms with Gasteiger partial charge in [0.05, 0.1) is 6.04 Å². The zero-order valence-electron chi connectivity index (χ0n) is 20.0. The smallest absolute Gasteiger partial charge is 0.245 e. The Kier molecular flexibility index (Phi) is 7.78. The fraction of sp³-hybridized carbons (Fsp3) is 0.792. The number of rotatable bonds is 8. The van der Waals surface area contributed by atoms with Crippen LogP contribution in [0.25, 0.3) is 0 Å². The summed E-state index contributed by atoms with van der Waals surface area (Å²) in [5.74, 6) is 2.04. The van der Waals surface area contributed by atoms with Gasteiger partial charge < -0.3 is 20.1 Å². The first-order chi connectivity index (χ1) is 14.7. The Hall–Kier alpha value is -1.89. The molecule has 1 aromatic heterocycles. The molecule has 0 unspecified atom stereocenters. The summed E-state index contributed by atoms with van der Waals surface area (Å²) in [5.41, 5.74) is 0.148. The topological polar surface area (TPSA) is 81.3 Å². The Labute approximate surface area is 187 Å². The summed E-state index contributed by atoms with van der Waals surface area (Å²) in [6, 6.07) is -0.521. The molecule has 0 bridgehead atoms. The second-order valence-corrected chi connectivity index (χ2v) is 10.7. The van der Waals surface area contributed by atoms with Crippen LogP contribution in [0.2, 0.25) is 0 Å². The molecule has 2 aliphatic heterocycles. The van der Waals surface area contributed by atoms with E-state index >= 15 is 0 Å². The third-order valence-corrected chi connectivity index (χ3v) is 6.82. The zero-order valence-corrected chi connectivity index (χ0v) is 20.0. The highest BCUT2D eigenvalue weighted by atomic mass is 16.2. The largest absolute Gasteiger partial charge is 0.349 e. The molecule has 2 aliphatic rings. The maximum atomic E-state index is 13.6. The number of H-pyrrole nitrogens is 1. The molecule has 2 fully saturated rings. The number of imidazole rings is 1. The van der Waals surface area contributed by atoms with Crippen molar-refractivity contribution in [1.82, 2.24) is 25.1 Å². The summed E-state index contributed by atoms with van der Waals surface area (Å²) >= 11 is 0. The van der Waals surface area contributed by atoms with Gasteiger partial charge in [-0.05, 0) is 42.9 Å². The molecule has 31 heavy (non-hydrogen) atoms. The van der Waals surface area contributed by atoms with Gasteiger partial charge in [0.2, 0.25) is 11.8 Å². The van der Waals surface area contributed by atoms with E-state index in [1.54, 1.807) is 6.20 Å². The van der Waals surface area contributed by atoms with E-state index in [2.05, 4.69) is 49.9 Å². The minimum atomic E-state index is -0.348. The first kappa shape index (κ1) is 23.8. The van der Waals surface area contributed by atoms with E-state index in [1.165, 1.54) is 0 Å². The molecule has 0 radical (unpaired) electrons. The molecule has 2 saturated heterocycles. The quantitative estimate of drug-likeness (QED) is 0.663. The summed E-state index contributed by atoms with van der Waals surface area (Å²) in [4.78, 5) is 38.3. The van der Waals surface area contributed by atoms with Crippen molar-refractivity contribution in [2.75, 3.05) is 26.2 Å². The van der Waals surface area contributed by atoms with Gasteiger partial charge in [0, 0.05) is 45.0 Å². The molecule has 174 valence electrons. The molecule has 1 aromatic rings. The van der Waals surface area contributed by atoms with Crippen molar-refractivity contribution in [3.05, 3.63) is 18.2 Å². The number of carbonyl (C=O) groups excluding carboxylic acids is 2. The van der Waals surface area contributed by atoms with Crippen molar-refractivity contribution in [1.29, 1.82) is 0 Å². The molecular formula is C24H41N5O2. The monoisotopic (exact) mass is 431 g/mol. The number of hydrogen-bond donors (Lipinski definition) is 2. The third-order valence-electron chi connectivity index (χ3n) is 6.82. The normalized spacial score (nSPS) is 22.9. The van der Waals surface area contributed by atoms with Crippen LogP contribution in [0.1, 0.15) is 66.1 Å². The maximum Gasteiger partial charge on any atom is 0.245 e. The van der Waals surface area contributed by atoms with Crippen LogP contribution in [0.3, 0.4) is 0 Å². The van der Waals surface area contributed by atoms with Crippen LogP contribution in [-0.4, -0.2) is 69.8 Å². The number of aromatic nitrogens is 2. The van der Waals surface area contributed by atoms with Crippen LogP contribution in [0, 0.1) is 17.3 Å². The number of hydrogen-bond acceptors (Lipinski definition) is 4. The van der Waals surface area contributed by atoms with Gasteiger partial charge in [-0.15, -0.1) is 0 Å². The van der Waals surface area contributed by atoms with Gasteiger partial charge in [-0.25, -0.2) is 4.98 Å². The van der Waals surface area contributed by atoms with Crippen molar-refractivity contribution in [2.24, 2.45) is 17.3 Å². The predicted octanol–water partition coefficient (Wildman–Crippen LogP) is 2.84. The van der Waals surface area contributed by atoms with E-state index in [-0.39, 0.29) is 29.3 Å². The molecule has 2 atom stereocenters. The highest BCUT2D eigenvalue weighted by Gasteiger charge is 2.40. The summed E-state index contributed by atoms with van der Waals surface area (Å²) < 4.78 is 0. The molecule has 7 nitrogen and oxygen atoms in total. The van der Waals surface area contributed by atoms with Crippen LogP contribution in [0.5, 0.6) is 0 Å². The number of carbonyl (C=O) groups is 2. The van der Waals surface area contributed by atoms with E-state index in [0.29, 0.717) is 18.4 Å². The second-order valence-electron chi connectivity index (χ2n) is 10.7. The molecule has 2 amide bonds. The van der Waals surface area contributed by atoms with Crippen molar-refractivity contribution >= 4 is 11.8 Å². The van der Waals surface area contributed by atoms with Gasteiger partial charge in [0.15, 0.2) is 0 Å². The first-order valence-corrected chi connectivity index (χ1v) is 12.0. The van der Waals surface area contributed by atoms with Crippen LogP contribution >= 0.6 is 0 Å². The van der Waals surface area contributed by atoms with Crippen LogP contribution in [0.4, 0.5) is 0 Å². The summed E-state index contributed by atoms with van der Waals surface area (Å²) in [6.45, 7) is 13.7. The number of likely N-dealkylation sites (tertiary alicyclic amines) is 1. The molecular weight excluding hydrogens is 390 g/mol. The number of nitrogens with zero attached hydrogens (tertiary/aromatic N) is 3. The van der Waals surface area contributed by atoms with Crippen molar-refractivity contribution in [3.63, 3.8) is 0 Å². The van der Waals surface area contributed by atoms with Crippen molar-refractivity contribution < 1.29 is 9.59 Å². The lowest BCUT2D eigenvalue weighted by Gasteiger charge is -2.44. The molecule has 7 heteroatoms. The molecule has 2 N–H and O–H groups in total. The fourth-order valence-corrected chi connectivity index (χ4v) is 4.98. The molecule has 0 saturated carbocycles. The Morgan fingerprint density at radius 2 is 1.90 bits per heavy atom. The third kappa shape index (κ3) is 6.09. The predicted molar refractivity (Wildman–Crippen MR) is 122 cm³/mol. The first-order valence-electron chi connectivity index (χ1n) is 12.0. The molecule has 0 spiro atoms. The SMILES string of the molecule is CC(C)C[C@@H]1NCCN([C@@H](CC(C)C)C(=O)N2CCC(C)(Cc3ncc[nH]3)CC2)C1=O. The van der Waals surface area contributed by atoms with Gasteiger partial charge >= 0.3 is 0 Å². The molecule has 3 rings (SSSR count). The van der Waals surface area contributed by atoms with Gasteiger partial charge in [0.25, 0.3) is 0 Å².